The smallest absolute Gasteiger partial charge is 0.0345 e. The Bertz CT molecular complexity index is 287. The molecular weight excluding hydrogens is 182 g/mol. The summed E-state index contributed by atoms with van der Waals surface area (Å²) in [6, 6.07) is 6.86. The molecular formula is C14H23N. The fourth-order valence-electron chi connectivity index (χ4n) is 1.65. The van der Waals surface area contributed by atoms with Crippen LogP contribution < -0.4 is 5.32 Å². The lowest BCUT2D eigenvalue weighted by atomic mass is 9.95. The first-order valence-corrected chi connectivity index (χ1v) is 5.93. The summed E-state index contributed by atoms with van der Waals surface area (Å²) in [6.45, 7) is 12.1. The molecule has 1 rings (SSSR count). The number of hydrogen-bond acceptors (Lipinski definition) is 1. The first-order chi connectivity index (χ1) is 7.04. The standard InChI is InChI=1S/C14H23N/c1-6-15-14-8-12(10(2)3)7-13(9-14)11(4)5/h7-11,15H,6H2,1-5H3. The van der Waals surface area contributed by atoms with Crippen molar-refractivity contribution in [2.45, 2.75) is 46.5 Å². The minimum atomic E-state index is 0.598. The molecule has 1 N–H and O–H groups in total. The van der Waals surface area contributed by atoms with Crippen molar-refractivity contribution in [3.63, 3.8) is 0 Å². The lowest BCUT2D eigenvalue weighted by molar-refractivity contribution is 0.834. The van der Waals surface area contributed by atoms with Gasteiger partial charge in [0.05, 0.1) is 0 Å². The van der Waals surface area contributed by atoms with Crippen LogP contribution in [0.5, 0.6) is 0 Å². The maximum atomic E-state index is 3.40. The van der Waals surface area contributed by atoms with Gasteiger partial charge in [-0.1, -0.05) is 33.8 Å². The van der Waals surface area contributed by atoms with E-state index in [1.807, 2.05) is 0 Å². The Morgan fingerprint density at radius 1 is 0.933 bits per heavy atom. The Kier molecular flexibility index (Phi) is 4.19. The van der Waals surface area contributed by atoms with Crippen LogP contribution in [0.25, 0.3) is 0 Å². The summed E-state index contributed by atoms with van der Waals surface area (Å²) in [5.74, 6) is 1.20. The molecule has 0 saturated carbocycles. The van der Waals surface area contributed by atoms with E-state index in [9.17, 15) is 0 Å². The predicted octanol–water partition coefficient (Wildman–Crippen LogP) is 4.37. The van der Waals surface area contributed by atoms with Crippen molar-refractivity contribution in [3.8, 4) is 0 Å². The topological polar surface area (TPSA) is 12.0 Å². The molecule has 1 aromatic rings. The molecule has 0 heterocycles. The van der Waals surface area contributed by atoms with Gasteiger partial charge in [0.15, 0.2) is 0 Å². The Balaban J connectivity index is 3.08. The average Bonchev–Trinajstić information content (AvgIpc) is 2.17. The van der Waals surface area contributed by atoms with Gasteiger partial charge in [-0.25, -0.2) is 0 Å². The molecule has 0 atom stereocenters. The van der Waals surface area contributed by atoms with E-state index in [0.717, 1.165) is 6.54 Å². The van der Waals surface area contributed by atoms with Gasteiger partial charge in [0.25, 0.3) is 0 Å². The molecule has 0 spiro atoms. The number of anilines is 1. The van der Waals surface area contributed by atoms with Crippen LogP contribution in [0.4, 0.5) is 5.69 Å². The molecule has 0 unspecified atom stereocenters. The van der Waals surface area contributed by atoms with Crippen molar-refractivity contribution in [1.29, 1.82) is 0 Å². The molecule has 0 radical (unpaired) electrons. The molecule has 0 bridgehead atoms. The third kappa shape index (κ3) is 3.26. The molecule has 1 aromatic carbocycles. The summed E-state index contributed by atoms with van der Waals surface area (Å²) in [5, 5.41) is 3.40. The minimum Gasteiger partial charge on any atom is -0.385 e. The zero-order valence-electron chi connectivity index (χ0n) is 10.6. The number of nitrogens with one attached hydrogen (secondary N) is 1. The molecule has 0 aliphatic carbocycles. The molecule has 84 valence electrons. The molecule has 0 aliphatic heterocycles. The largest absolute Gasteiger partial charge is 0.385 e. The van der Waals surface area contributed by atoms with Gasteiger partial charge in [0, 0.05) is 12.2 Å². The summed E-state index contributed by atoms with van der Waals surface area (Å²) in [6.07, 6.45) is 0. The second-order valence-corrected chi connectivity index (χ2v) is 4.73. The van der Waals surface area contributed by atoms with Crippen LogP contribution in [0.2, 0.25) is 0 Å². The third-order valence-electron chi connectivity index (χ3n) is 2.69. The second-order valence-electron chi connectivity index (χ2n) is 4.73. The van der Waals surface area contributed by atoms with Crippen LogP contribution in [0, 0.1) is 0 Å². The lowest BCUT2D eigenvalue weighted by Gasteiger charge is -2.14. The Morgan fingerprint density at radius 3 is 1.73 bits per heavy atom. The molecule has 15 heavy (non-hydrogen) atoms. The average molecular weight is 205 g/mol. The van der Waals surface area contributed by atoms with Crippen molar-refractivity contribution in [1.82, 2.24) is 0 Å². The molecule has 0 fully saturated rings. The molecule has 0 aromatic heterocycles. The zero-order chi connectivity index (χ0) is 11.4. The molecule has 1 heteroatoms. The van der Waals surface area contributed by atoms with E-state index in [2.05, 4.69) is 58.1 Å². The monoisotopic (exact) mass is 205 g/mol. The van der Waals surface area contributed by atoms with E-state index >= 15 is 0 Å². The van der Waals surface area contributed by atoms with Crippen molar-refractivity contribution in [3.05, 3.63) is 29.3 Å². The van der Waals surface area contributed by atoms with E-state index in [-0.39, 0.29) is 0 Å². The Hall–Kier alpha value is -0.980. The molecule has 0 aliphatic rings. The predicted molar refractivity (Wildman–Crippen MR) is 68.8 cm³/mol. The summed E-state index contributed by atoms with van der Waals surface area (Å²) < 4.78 is 0. The minimum absolute atomic E-state index is 0.598. The fourth-order valence-corrected chi connectivity index (χ4v) is 1.65. The Morgan fingerprint density at radius 2 is 1.40 bits per heavy atom. The van der Waals surface area contributed by atoms with Gasteiger partial charge >= 0.3 is 0 Å². The van der Waals surface area contributed by atoms with Crippen LogP contribution in [0.15, 0.2) is 18.2 Å². The van der Waals surface area contributed by atoms with Gasteiger partial charge in [0.2, 0.25) is 0 Å². The molecule has 0 saturated heterocycles. The highest BCUT2D eigenvalue weighted by atomic mass is 14.8. The first-order valence-electron chi connectivity index (χ1n) is 5.93. The maximum absolute atomic E-state index is 3.40. The second kappa shape index (κ2) is 5.20. The van der Waals surface area contributed by atoms with Crippen LogP contribution in [0.1, 0.15) is 57.6 Å². The van der Waals surface area contributed by atoms with Crippen molar-refractivity contribution >= 4 is 5.69 Å². The maximum Gasteiger partial charge on any atom is 0.0345 e. The fraction of sp³-hybridized carbons (Fsp3) is 0.571. The summed E-state index contributed by atoms with van der Waals surface area (Å²) >= 11 is 0. The zero-order valence-corrected chi connectivity index (χ0v) is 10.6. The number of benzene rings is 1. The van der Waals surface area contributed by atoms with Gasteiger partial charge in [-0.3, -0.25) is 0 Å². The SMILES string of the molecule is CCNc1cc(C(C)C)cc(C(C)C)c1. The lowest BCUT2D eigenvalue weighted by Crippen LogP contribution is -2.00. The van der Waals surface area contributed by atoms with Gasteiger partial charge < -0.3 is 5.32 Å². The van der Waals surface area contributed by atoms with Crippen LogP contribution in [-0.2, 0) is 0 Å². The van der Waals surface area contributed by atoms with E-state index in [0.29, 0.717) is 11.8 Å². The van der Waals surface area contributed by atoms with Crippen molar-refractivity contribution < 1.29 is 0 Å². The van der Waals surface area contributed by atoms with Crippen LogP contribution in [0.3, 0.4) is 0 Å². The van der Waals surface area contributed by atoms with Crippen LogP contribution >= 0.6 is 0 Å². The normalized spacial score (nSPS) is 11.1. The summed E-state index contributed by atoms with van der Waals surface area (Å²) in [4.78, 5) is 0. The van der Waals surface area contributed by atoms with E-state index in [1.165, 1.54) is 16.8 Å². The highest BCUT2D eigenvalue weighted by molar-refractivity contribution is 5.50. The van der Waals surface area contributed by atoms with Gasteiger partial charge in [-0.2, -0.15) is 0 Å². The summed E-state index contributed by atoms with van der Waals surface area (Å²) in [7, 11) is 0. The van der Waals surface area contributed by atoms with E-state index in [4.69, 9.17) is 0 Å². The quantitative estimate of drug-likeness (QED) is 0.770. The summed E-state index contributed by atoms with van der Waals surface area (Å²) in [5.41, 5.74) is 4.11. The third-order valence-corrected chi connectivity index (χ3v) is 2.69. The van der Waals surface area contributed by atoms with Crippen molar-refractivity contribution in [2.75, 3.05) is 11.9 Å². The van der Waals surface area contributed by atoms with E-state index in [1.54, 1.807) is 0 Å². The molecule has 0 amide bonds. The van der Waals surface area contributed by atoms with Gasteiger partial charge in [-0.05, 0) is 42.0 Å². The van der Waals surface area contributed by atoms with Crippen molar-refractivity contribution in [2.24, 2.45) is 0 Å². The van der Waals surface area contributed by atoms with Gasteiger partial charge in [-0.15, -0.1) is 0 Å². The highest BCUT2D eigenvalue weighted by Gasteiger charge is 2.06. The van der Waals surface area contributed by atoms with E-state index < -0.39 is 0 Å². The molecule has 1 nitrogen and oxygen atoms in total. The van der Waals surface area contributed by atoms with Gasteiger partial charge in [0.1, 0.15) is 0 Å². The Labute approximate surface area is 93.9 Å². The first kappa shape index (κ1) is 12.1. The van der Waals surface area contributed by atoms with Crippen LogP contribution in [-0.4, -0.2) is 6.54 Å². The highest BCUT2D eigenvalue weighted by Crippen LogP contribution is 2.25. The number of rotatable bonds is 4. The number of hydrogen-bond donors (Lipinski definition) is 1.